The molecule has 0 radical (unpaired) electrons. The summed E-state index contributed by atoms with van der Waals surface area (Å²) in [6.07, 6.45) is 7.36. The first-order chi connectivity index (χ1) is 6.16. The highest BCUT2D eigenvalue weighted by Gasteiger charge is 2.42. The molecule has 2 rings (SSSR count). The number of rotatable bonds is 1. The lowest BCUT2D eigenvalue weighted by atomic mass is 9.97. The quantitative estimate of drug-likeness (QED) is 0.660. The van der Waals surface area contributed by atoms with Crippen LogP contribution >= 0.6 is 15.9 Å². The Bertz CT molecular complexity index is 365. The second-order valence-electron chi connectivity index (χ2n) is 3.38. The van der Waals surface area contributed by atoms with E-state index in [1.807, 2.05) is 6.07 Å². The van der Waals surface area contributed by atoms with Gasteiger partial charge in [0.05, 0.1) is 5.41 Å². The Morgan fingerprint density at radius 2 is 2.08 bits per heavy atom. The lowest BCUT2D eigenvalue weighted by Gasteiger charge is -2.08. The standard InChI is InChI=1S/C11H8BrF/c1-2-11(3-4-11)8-5-9(12)7-10(13)6-8/h1,5-7H,3-4H2. The van der Waals surface area contributed by atoms with Crippen molar-refractivity contribution in [2.75, 3.05) is 0 Å². The van der Waals surface area contributed by atoms with Crippen molar-refractivity contribution >= 4 is 15.9 Å². The maximum atomic E-state index is 13.0. The van der Waals surface area contributed by atoms with Gasteiger partial charge in [-0.3, -0.25) is 0 Å². The van der Waals surface area contributed by atoms with Gasteiger partial charge in [0.1, 0.15) is 5.82 Å². The molecule has 0 bridgehead atoms. The van der Waals surface area contributed by atoms with Crippen LogP contribution in [0.25, 0.3) is 0 Å². The van der Waals surface area contributed by atoms with Gasteiger partial charge in [0.15, 0.2) is 0 Å². The average Bonchev–Trinajstić information content (AvgIpc) is 2.82. The van der Waals surface area contributed by atoms with Gasteiger partial charge in [-0.05, 0) is 36.6 Å². The zero-order valence-electron chi connectivity index (χ0n) is 6.98. The third kappa shape index (κ3) is 1.49. The van der Waals surface area contributed by atoms with E-state index >= 15 is 0 Å². The molecule has 0 unspecified atom stereocenters. The summed E-state index contributed by atoms with van der Waals surface area (Å²) >= 11 is 3.25. The van der Waals surface area contributed by atoms with Gasteiger partial charge in [-0.2, -0.15) is 0 Å². The lowest BCUT2D eigenvalue weighted by molar-refractivity contribution is 0.623. The van der Waals surface area contributed by atoms with E-state index in [0.717, 1.165) is 22.9 Å². The smallest absolute Gasteiger partial charge is 0.124 e. The van der Waals surface area contributed by atoms with Crippen LogP contribution < -0.4 is 0 Å². The van der Waals surface area contributed by atoms with E-state index in [-0.39, 0.29) is 11.2 Å². The van der Waals surface area contributed by atoms with E-state index in [1.165, 1.54) is 12.1 Å². The van der Waals surface area contributed by atoms with Crippen LogP contribution in [0.1, 0.15) is 18.4 Å². The molecule has 0 spiro atoms. The molecular weight excluding hydrogens is 231 g/mol. The maximum absolute atomic E-state index is 13.0. The minimum Gasteiger partial charge on any atom is -0.207 e. The molecule has 1 aliphatic carbocycles. The summed E-state index contributed by atoms with van der Waals surface area (Å²) < 4.78 is 13.8. The second kappa shape index (κ2) is 2.85. The fraction of sp³-hybridized carbons (Fsp3) is 0.273. The monoisotopic (exact) mass is 238 g/mol. The third-order valence-electron chi connectivity index (χ3n) is 2.44. The minimum atomic E-state index is -0.231. The molecule has 13 heavy (non-hydrogen) atoms. The molecule has 0 heterocycles. The number of halogens is 2. The van der Waals surface area contributed by atoms with Gasteiger partial charge >= 0.3 is 0 Å². The topological polar surface area (TPSA) is 0 Å². The van der Waals surface area contributed by atoms with Gasteiger partial charge < -0.3 is 0 Å². The van der Waals surface area contributed by atoms with E-state index < -0.39 is 0 Å². The molecule has 0 atom stereocenters. The molecule has 1 aromatic rings. The van der Waals surface area contributed by atoms with Gasteiger partial charge in [-0.25, -0.2) is 4.39 Å². The van der Waals surface area contributed by atoms with Crippen LogP contribution in [-0.4, -0.2) is 0 Å². The third-order valence-corrected chi connectivity index (χ3v) is 2.90. The van der Waals surface area contributed by atoms with Crippen molar-refractivity contribution in [3.63, 3.8) is 0 Å². The van der Waals surface area contributed by atoms with E-state index in [0.29, 0.717) is 0 Å². The van der Waals surface area contributed by atoms with E-state index in [9.17, 15) is 4.39 Å². The fourth-order valence-electron chi connectivity index (χ4n) is 1.47. The van der Waals surface area contributed by atoms with Crippen molar-refractivity contribution < 1.29 is 4.39 Å². The fourth-order valence-corrected chi connectivity index (χ4v) is 1.94. The summed E-state index contributed by atoms with van der Waals surface area (Å²) in [4.78, 5) is 0. The SMILES string of the molecule is C#CC1(c2cc(F)cc(Br)c2)CC1. The molecule has 66 valence electrons. The highest BCUT2D eigenvalue weighted by molar-refractivity contribution is 9.10. The Morgan fingerprint density at radius 3 is 2.54 bits per heavy atom. The predicted molar refractivity (Wildman–Crippen MR) is 53.8 cm³/mol. The van der Waals surface area contributed by atoms with Crippen molar-refractivity contribution in [1.82, 2.24) is 0 Å². The highest BCUT2D eigenvalue weighted by Crippen LogP contribution is 2.48. The Kier molecular flexibility index (Phi) is 1.92. The highest BCUT2D eigenvalue weighted by atomic mass is 79.9. The lowest BCUT2D eigenvalue weighted by Crippen LogP contribution is -2.02. The number of hydrogen-bond donors (Lipinski definition) is 0. The zero-order chi connectivity index (χ0) is 9.47. The summed E-state index contributed by atoms with van der Waals surface area (Å²) in [5, 5.41) is 0. The minimum absolute atomic E-state index is 0.176. The van der Waals surface area contributed by atoms with Crippen LogP contribution in [0.15, 0.2) is 22.7 Å². The summed E-state index contributed by atoms with van der Waals surface area (Å²) in [5.74, 6) is 2.51. The zero-order valence-corrected chi connectivity index (χ0v) is 8.57. The van der Waals surface area contributed by atoms with Crippen LogP contribution in [0, 0.1) is 18.2 Å². The predicted octanol–water partition coefficient (Wildman–Crippen LogP) is 3.25. The van der Waals surface area contributed by atoms with Crippen LogP contribution in [0.4, 0.5) is 4.39 Å². The maximum Gasteiger partial charge on any atom is 0.124 e. The summed E-state index contributed by atoms with van der Waals surface area (Å²) in [5.41, 5.74) is 0.742. The molecule has 0 amide bonds. The van der Waals surface area contributed by atoms with Gasteiger partial charge in [0.25, 0.3) is 0 Å². The van der Waals surface area contributed by atoms with Crippen LogP contribution in [0.3, 0.4) is 0 Å². The van der Waals surface area contributed by atoms with Crippen molar-refractivity contribution in [3.05, 3.63) is 34.1 Å². The average molecular weight is 239 g/mol. The first kappa shape index (κ1) is 8.77. The van der Waals surface area contributed by atoms with Crippen LogP contribution in [0.5, 0.6) is 0 Å². The Labute approximate surface area is 85.3 Å². The first-order valence-corrected chi connectivity index (χ1v) is 4.90. The normalized spacial score (nSPS) is 17.9. The van der Waals surface area contributed by atoms with Crippen molar-refractivity contribution in [2.24, 2.45) is 0 Å². The molecule has 1 fully saturated rings. The van der Waals surface area contributed by atoms with Crippen LogP contribution in [0.2, 0.25) is 0 Å². The Hall–Kier alpha value is -0.810. The number of benzene rings is 1. The molecule has 0 nitrogen and oxygen atoms in total. The summed E-state index contributed by atoms with van der Waals surface area (Å²) in [6, 6.07) is 4.86. The number of terminal acetylenes is 1. The molecular formula is C11H8BrF. The van der Waals surface area contributed by atoms with Gasteiger partial charge in [-0.1, -0.05) is 21.9 Å². The van der Waals surface area contributed by atoms with Gasteiger partial charge in [0, 0.05) is 4.47 Å². The second-order valence-corrected chi connectivity index (χ2v) is 4.30. The molecule has 0 aromatic heterocycles. The molecule has 0 saturated heterocycles. The first-order valence-electron chi connectivity index (χ1n) is 4.11. The van der Waals surface area contributed by atoms with Crippen molar-refractivity contribution in [2.45, 2.75) is 18.3 Å². The molecule has 1 saturated carbocycles. The number of hydrogen-bond acceptors (Lipinski definition) is 0. The molecule has 0 aliphatic heterocycles. The van der Waals surface area contributed by atoms with Gasteiger partial charge in [0.2, 0.25) is 0 Å². The molecule has 2 heteroatoms. The van der Waals surface area contributed by atoms with Crippen LogP contribution in [-0.2, 0) is 5.41 Å². The molecule has 1 aromatic carbocycles. The summed E-state index contributed by atoms with van der Waals surface area (Å²) in [7, 11) is 0. The van der Waals surface area contributed by atoms with E-state index in [2.05, 4.69) is 21.9 Å². The molecule has 0 N–H and O–H groups in total. The molecule has 1 aliphatic rings. The van der Waals surface area contributed by atoms with E-state index in [1.54, 1.807) is 0 Å². The van der Waals surface area contributed by atoms with Crippen molar-refractivity contribution in [1.29, 1.82) is 0 Å². The largest absolute Gasteiger partial charge is 0.207 e. The summed E-state index contributed by atoms with van der Waals surface area (Å²) in [6.45, 7) is 0. The Balaban J connectivity index is 2.48. The van der Waals surface area contributed by atoms with Crippen molar-refractivity contribution in [3.8, 4) is 12.3 Å². The van der Waals surface area contributed by atoms with Gasteiger partial charge in [-0.15, -0.1) is 6.42 Å². The Morgan fingerprint density at radius 1 is 1.38 bits per heavy atom. The van der Waals surface area contributed by atoms with E-state index in [4.69, 9.17) is 6.42 Å².